The molecule has 1 atom stereocenters. The Morgan fingerprint density at radius 2 is 1.96 bits per heavy atom. The number of anilines is 2. The lowest BCUT2D eigenvalue weighted by Crippen LogP contribution is -2.41. The number of rotatable bonds is 6. The van der Waals surface area contributed by atoms with Crippen LogP contribution >= 0.6 is 12.4 Å². The highest BCUT2D eigenvalue weighted by Gasteiger charge is 2.28. The molecule has 11 heteroatoms. The molecule has 1 aromatic heterocycles. The zero-order valence-electron chi connectivity index (χ0n) is 15.7. The largest absolute Gasteiger partial charge is 0.497 e. The van der Waals surface area contributed by atoms with Gasteiger partial charge in [0.05, 0.1) is 35.9 Å². The Morgan fingerprint density at radius 1 is 1.33 bits per heavy atom. The van der Waals surface area contributed by atoms with Crippen LogP contribution in [0.4, 0.5) is 11.4 Å². The number of nitrogen functional groups attached to an aromatic ring is 1. The van der Waals surface area contributed by atoms with Crippen LogP contribution in [-0.2, 0) is 21.9 Å². The van der Waals surface area contributed by atoms with E-state index in [1.165, 1.54) is 18.7 Å². The number of amides is 1. The molecule has 9 nitrogen and oxygen atoms in total. The lowest BCUT2D eigenvalue weighted by molar-refractivity contribution is -0.117. The van der Waals surface area contributed by atoms with Crippen LogP contribution in [0.5, 0.6) is 5.75 Å². The Kier molecular flexibility index (Phi) is 7.24. The second-order valence-corrected chi connectivity index (χ2v) is 7.56. The van der Waals surface area contributed by atoms with Gasteiger partial charge in [-0.05, 0) is 32.9 Å². The van der Waals surface area contributed by atoms with Crippen molar-refractivity contribution in [2.45, 2.75) is 31.7 Å². The smallest absolute Gasteiger partial charge is 0.244 e. The van der Waals surface area contributed by atoms with Crippen molar-refractivity contribution in [1.82, 2.24) is 14.5 Å². The number of hydrogen-bond donors (Lipinski definition) is 3. The molecule has 0 saturated heterocycles. The number of hydrogen-bond acceptors (Lipinski definition) is 6. The maximum Gasteiger partial charge on any atom is 0.244 e. The molecule has 1 aromatic carbocycles. The van der Waals surface area contributed by atoms with E-state index in [1.54, 1.807) is 39.1 Å². The average molecular weight is 418 g/mol. The molecule has 1 amide bonds. The van der Waals surface area contributed by atoms with Gasteiger partial charge < -0.3 is 15.8 Å². The number of halogens is 1. The fraction of sp³-hybridized carbons (Fsp3) is 0.375. The predicted molar refractivity (Wildman–Crippen MR) is 106 cm³/mol. The summed E-state index contributed by atoms with van der Waals surface area (Å²) >= 11 is 0. The van der Waals surface area contributed by atoms with Crippen molar-refractivity contribution in [3.05, 3.63) is 29.6 Å². The van der Waals surface area contributed by atoms with Crippen LogP contribution in [0.2, 0.25) is 0 Å². The molecule has 1 unspecified atom stereocenters. The quantitative estimate of drug-likeness (QED) is 0.608. The Bertz CT molecular complexity index is 943. The number of nitrogens with zero attached hydrogens (tertiary/aromatic N) is 2. The van der Waals surface area contributed by atoms with Gasteiger partial charge in [-0.15, -0.1) is 12.4 Å². The number of carbonyl (C=O) groups excluding carboxylic acids is 1. The third kappa shape index (κ3) is 4.90. The molecule has 0 aliphatic rings. The van der Waals surface area contributed by atoms with Crippen LogP contribution in [0.3, 0.4) is 0 Å². The summed E-state index contributed by atoms with van der Waals surface area (Å²) in [5.41, 5.74) is 7.36. The van der Waals surface area contributed by atoms with Crippen molar-refractivity contribution in [3.63, 3.8) is 0 Å². The van der Waals surface area contributed by atoms with Gasteiger partial charge in [-0.3, -0.25) is 9.48 Å². The van der Waals surface area contributed by atoms with Gasteiger partial charge in [-0.1, -0.05) is 0 Å². The van der Waals surface area contributed by atoms with E-state index in [1.807, 2.05) is 0 Å². The molecular formula is C16H24ClN5O4S. The van der Waals surface area contributed by atoms with Crippen molar-refractivity contribution in [1.29, 1.82) is 0 Å². The molecule has 0 saturated carbocycles. The number of aryl methyl sites for hydroxylation is 2. The summed E-state index contributed by atoms with van der Waals surface area (Å²) in [5.74, 6) is -0.0305. The van der Waals surface area contributed by atoms with Crippen LogP contribution in [0.1, 0.15) is 18.3 Å². The monoisotopic (exact) mass is 417 g/mol. The van der Waals surface area contributed by atoms with Crippen LogP contribution in [0.25, 0.3) is 0 Å². The van der Waals surface area contributed by atoms with Crippen LogP contribution in [0, 0.1) is 13.8 Å². The first-order chi connectivity index (χ1) is 12.1. The van der Waals surface area contributed by atoms with Crippen molar-refractivity contribution in [3.8, 4) is 5.75 Å². The number of nitrogens with one attached hydrogen (secondary N) is 2. The van der Waals surface area contributed by atoms with Gasteiger partial charge in [0, 0.05) is 13.1 Å². The number of carbonyl (C=O) groups is 1. The first-order valence-electron chi connectivity index (χ1n) is 7.83. The van der Waals surface area contributed by atoms with Crippen molar-refractivity contribution in [2.75, 3.05) is 18.2 Å². The SMILES string of the molecule is COc1ccc(N)c(NC(=O)C(C)NS(=O)(=O)c2c(C)nn(C)c2C)c1.Cl. The average Bonchev–Trinajstić information content (AvgIpc) is 2.81. The zero-order chi connectivity index (χ0) is 19.6. The Morgan fingerprint density at radius 3 is 2.48 bits per heavy atom. The first-order valence-corrected chi connectivity index (χ1v) is 9.32. The van der Waals surface area contributed by atoms with Crippen molar-refractivity contribution >= 4 is 39.7 Å². The molecular weight excluding hydrogens is 394 g/mol. The van der Waals surface area contributed by atoms with Gasteiger partial charge in [-0.25, -0.2) is 8.42 Å². The van der Waals surface area contributed by atoms with Gasteiger partial charge in [0.15, 0.2) is 0 Å². The molecule has 1 heterocycles. The second kappa shape index (κ2) is 8.59. The fourth-order valence-electron chi connectivity index (χ4n) is 2.50. The van der Waals surface area contributed by atoms with Gasteiger partial charge >= 0.3 is 0 Å². The normalized spacial score (nSPS) is 12.2. The number of aromatic nitrogens is 2. The molecule has 0 aliphatic carbocycles. The number of benzene rings is 1. The number of nitrogens with two attached hydrogens (primary N) is 1. The van der Waals surface area contributed by atoms with Gasteiger partial charge in [0.2, 0.25) is 15.9 Å². The zero-order valence-corrected chi connectivity index (χ0v) is 17.4. The molecule has 2 rings (SSSR count). The predicted octanol–water partition coefficient (Wildman–Crippen LogP) is 1.36. The van der Waals surface area contributed by atoms with Crippen LogP contribution in [0.15, 0.2) is 23.1 Å². The summed E-state index contributed by atoms with van der Waals surface area (Å²) in [4.78, 5) is 12.5. The number of sulfonamides is 1. The van der Waals surface area contributed by atoms with E-state index in [9.17, 15) is 13.2 Å². The minimum absolute atomic E-state index is 0. The molecule has 0 aliphatic heterocycles. The third-order valence-corrected chi connectivity index (χ3v) is 5.75. The maximum atomic E-state index is 12.6. The highest BCUT2D eigenvalue weighted by atomic mass is 35.5. The van der Waals surface area contributed by atoms with E-state index in [0.717, 1.165) is 0 Å². The lowest BCUT2D eigenvalue weighted by Gasteiger charge is -2.16. The van der Waals surface area contributed by atoms with E-state index in [0.29, 0.717) is 28.5 Å². The summed E-state index contributed by atoms with van der Waals surface area (Å²) < 4.78 is 34.2. The van der Waals surface area contributed by atoms with Gasteiger partial charge in [0.25, 0.3) is 0 Å². The molecule has 4 N–H and O–H groups in total. The molecule has 0 bridgehead atoms. The molecule has 27 heavy (non-hydrogen) atoms. The van der Waals surface area contributed by atoms with Gasteiger partial charge in [-0.2, -0.15) is 9.82 Å². The summed E-state index contributed by atoms with van der Waals surface area (Å²) in [5, 5.41) is 6.70. The molecule has 0 spiro atoms. The summed E-state index contributed by atoms with van der Waals surface area (Å²) in [6.45, 7) is 4.70. The molecule has 0 radical (unpaired) electrons. The third-order valence-electron chi connectivity index (χ3n) is 3.95. The number of methoxy groups -OCH3 is 1. The van der Waals surface area contributed by atoms with E-state index < -0.39 is 22.0 Å². The van der Waals surface area contributed by atoms with Crippen LogP contribution in [-0.4, -0.2) is 37.3 Å². The highest BCUT2D eigenvalue weighted by Crippen LogP contribution is 2.24. The van der Waals surface area contributed by atoms with Crippen molar-refractivity contribution < 1.29 is 17.9 Å². The Hall–Kier alpha value is -2.30. The summed E-state index contributed by atoms with van der Waals surface area (Å²) in [6.07, 6.45) is 0. The Balaban J connectivity index is 0.00000364. The van der Waals surface area contributed by atoms with E-state index in [2.05, 4.69) is 15.1 Å². The topological polar surface area (TPSA) is 128 Å². The highest BCUT2D eigenvalue weighted by molar-refractivity contribution is 7.89. The molecule has 0 fully saturated rings. The summed E-state index contributed by atoms with van der Waals surface area (Å²) in [7, 11) is -0.762. The maximum absolute atomic E-state index is 12.6. The van der Waals surface area contributed by atoms with Gasteiger partial charge in [0.1, 0.15) is 10.6 Å². The van der Waals surface area contributed by atoms with E-state index in [-0.39, 0.29) is 17.3 Å². The Labute approximate surface area is 164 Å². The molecule has 150 valence electrons. The lowest BCUT2D eigenvalue weighted by atomic mass is 10.2. The number of ether oxygens (including phenoxy) is 1. The second-order valence-electron chi connectivity index (χ2n) is 5.91. The van der Waals surface area contributed by atoms with E-state index >= 15 is 0 Å². The minimum atomic E-state index is -3.91. The van der Waals surface area contributed by atoms with Crippen molar-refractivity contribution in [2.24, 2.45) is 7.05 Å². The van der Waals surface area contributed by atoms with Crippen LogP contribution < -0.4 is 20.5 Å². The minimum Gasteiger partial charge on any atom is -0.497 e. The summed E-state index contributed by atoms with van der Waals surface area (Å²) in [6, 6.07) is 3.78. The first kappa shape index (κ1) is 22.7. The fourth-order valence-corrected chi connectivity index (χ4v) is 4.14. The molecule has 2 aromatic rings. The standard InChI is InChI=1S/C16H23N5O4S.ClH/c1-9-15(11(3)21(4)19-9)26(23,24)20-10(2)16(22)18-14-8-12(25-5)6-7-13(14)17;/h6-8,10,20H,17H2,1-5H3,(H,18,22);1H. The van der Waals surface area contributed by atoms with E-state index in [4.69, 9.17) is 10.5 Å².